The van der Waals surface area contributed by atoms with E-state index in [2.05, 4.69) is 184 Å². The van der Waals surface area contributed by atoms with Gasteiger partial charge < -0.3 is 0 Å². The lowest BCUT2D eigenvalue weighted by Crippen LogP contribution is -2.14. The first-order chi connectivity index (χ1) is 24.1. The molecular formula is C49H34. The molecule has 10 rings (SSSR count). The van der Waals surface area contributed by atoms with Crippen molar-refractivity contribution in [3.63, 3.8) is 0 Å². The fourth-order valence-corrected chi connectivity index (χ4v) is 8.70. The lowest BCUT2D eigenvalue weighted by Gasteiger charge is -2.23. The van der Waals surface area contributed by atoms with E-state index >= 15 is 0 Å². The highest BCUT2D eigenvalue weighted by Gasteiger charge is 2.37. The van der Waals surface area contributed by atoms with Gasteiger partial charge >= 0.3 is 0 Å². The van der Waals surface area contributed by atoms with Gasteiger partial charge in [-0.3, -0.25) is 0 Å². The average Bonchev–Trinajstić information content (AvgIpc) is 3.38. The van der Waals surface area contributed by atoms with E-state index in [0.29, 0.717) is 0 Å². The van der Waals surface area contributed by atoms with Gasteiger partial charge in [-0.2, -0.15) is 0 Å². The van der Waals surface area contributed by atoms with E-state index in [1.165, 1.54) is 98.7 Å². The lowest BCUT2D eigenvalue weighted by molar-refractivity contribution is 0.661. The molecule has 0 aliphatic heterocycles. The second kappa shape index (κ2) is 10.5. The van der Waals surface area contributed by atoms with Crippen molar-refractivity contribution in [2.75, 3.05) is 0 Å². The molecule has 0 saturated heterocycles. The van der Waals surface area contributed by atoms with Gasteiger partial charge in [-0.15, -0.1) is 0 Å². The molecule has 9 aromatic rings. The standard InChI is InChI=1S/C49H34/c1-49(2)44-25-13-24-42(48(44)43-29-33-16-5-6-17-34(33)30-45(43)49)47-40-22-11-9-20-38(40)46(39-21-10-12-23-41(39)47)37-19-8-7-18-36(37)35-27-26-31-14-3-4-15-32(31)28-35/h3-30H,1-2H3. The van der Waals surface area contributed by atoms with Crippen LogP contribution in [0.3, 0.4) is 0 Å². The van der Waals surface area contributed by atoms with Gasteiger partial charge in [-0.05, 0) is 117 Å². The summed E-state index contributed by atoms with van der Waals surface area (Å²) in [7, 11) is 0. The highest BCUT2D eigenvalue weighted by atomic mass is 14.4. The van der Waals surface area contributed by atoms with Crippen molar-refractivity contribution in [2.45, 2.75) is 19.3 Å². The molecule has 0 fully saturated rings. The molecule has 49 heavy (non-hydrogen) atoms. The SMILES string of the molecule is CC1(C)c2cc3ccccc3cc2-c2c(-c3c4ccccc4c(-c4ccccc4-c4ccc5ccccc5c4)c4ccccc34)cccc21. The predicted molar refractivity (Wildman–Crippen MR) is 210 cm³/mol. The molecule has 0 aromatic heterocycles. The molecule has 0 heteroatoms. The molecule has 1 aliphatic carbocycles. The quantitative estimate of drug-likeness (QED) is 0.172. The zero-order valence-electron chi connectivity index (χ0n) is 27.7. The average molecular weight is 623 g/mol. The molecule has 0 heterocycles. The summed E-state index contributed by atoms with van der Waals surface area (Å²) in [6, 6.07) is 63.2. The highest BCUT2D eigenvalue weighted by Crippen LogP contribution is 2.55. The Hall–Kier alpha value is -5.98. The Morgan fingerprint density at radius 3 is 1.45 bits per heavy atom. The Morgan fingerprint density at radius 2 is 0.796 bits per heavy atom. The maximum atomic E-state index is 2.43. The summed E-state index contributed by atoms with van der Waals surface area (Å²) in [5.41, 5.74) is 13.1. The van der Waals surface area contributed by atoms with Gasteiger partial charge in [0.1, 0.15) is 0 Å². The van der Waals surface area contributed by atoms with E-state index in [9.17, 15) is 0 Å². The normalized spacial score (nSPS) is 13.3. The van der Waals surface area contributed by atoms with E-state index in [1.54, 1.807) is 0 Å². The summed E-state index contributed by atoms with van der Waals surface area (Å²) < 4.78 is 0. The number of hydrogen-bond donors (Lipinski definition) is 0. The van der Waals surface area contributed by atoms with Crippen molar-refractivity contribution in [1.82, 2.24) is 0 Å². The van der Waals surface area contributed by atoms with Crippen LogP contribution in [0.1, 0.15) is 25.0 Å². The Labute approximate surface area is 286 Å². The Morgan fingerprint density at radius 1 is 0.306 bits per heavy atom. The summed E-state index contributed by atoms with van der Waals surface area (Å²) in [4.78, 5) is 0. The van der Waals surface area contributed by atoms with E-state index < -0.39 is 0 Å². The summed E-state index contributed by atoms with van der Waals surface area (Å²) in [6.07, 6.45) is 0. The van der Waals surface area contributed by atoms with E-state index in [4.69, 9.17) is 0 Å². The molecule has 0 bridgehead atoms. The van der Waals surface area contributed by atoms with E-state index in [-0.39, 0.29) is 5.41 Å². The van der Waals surface area contributed by atoms with Crippen LogP contribution in [0.2, 0.25) is 0 Å². The summed E-state index contributed by atoms with van der Waals surface area (Å²) >= 11 is 0. The molecule has 0 atom stereocenters. The van der Waals surface area contributed by atoms with Crippen LogP contribution < -0.4 is 0 Å². The molecule has 0 nitrogen and oxygen atoms in total. The topological polar surface area (TPSA) is 0 Å². The second-order valence-electron chi connectivity index (χ2n) is 14.0. The van der Waals surface area contributed by atoms with Crippen LogP contribution in [0, 0.1) is 0 Å². The Kier molecular flexibility index (Phi) is 6.02. The van der Waals surface area contributed by atoms with Gasteiger partial charge in [0, 0.05) is 5.41 Å². The minimum absolute atomic E-state index is 0.102. The first-order valence-electron chi connectivity index (χ1n) is 17.3. The van der Waals surface area contributed by atoms with Gasteiger partial charge in [-0.25, -0.2) is 0 Å². The van der Waals surface area contributed by atoms with Crippen LogP contribution in [0.25, 0.3) is 87.6 Å². The Balaban J connectivity index is 1.29. The van der Waals surface area contributed by atoms with Crippen LogP contribution in [-0.2, 0) is 5.41 Å². The third-order valence-corrected chi connectivity index (χ3v) is 11.0. The molecule has 0 radical (unpaired) electrons. The van der Waals surface area contributed by atoms with Gasteiger partial charge in [-0.1, -0.05) is 166 Å². The summed E-state index contributed by atoms with van der Waals surface area (Å²) in [6.45, 7) is 4.78. The Bertz CT molecular complexity index is 2740. The zero-order valence-corrected chi connectivity index (χ0v) is 27.7. The van der Waals surface area contributed by atoms with Crippen molar-refractivity contribution < 1.29 is 0 Å². The van der Waals surface area contributed by atoms with Gasteiger partial charge in [0.2, 0.25) is 0 Å². The van der Waals surface area contributed by atoms with Crippen molar-refractivity contribution in [2.24, 2.45) is 0 Å². The smallest absolute Gasteiger partial charge is 0.0159 e. The molecule has 0 N–H and O–H groups in total. The van der Waals surface area contributed by atoms with Crippen molar-refractivity contribution in [3.05, 3.63) is 181 Å². The number of rotatable bonds is 3. The fraction of sp³-hybridized carbons (Fsp3) is 0.0612. The number of fused-ring (bicyclic) bond motifs is 7. The van der Waals surface area contributed by atoms with E-state index in [1.807, 2.05) is 0 Å². The van der Waals surface area contributed by atoms with Crippen LogP contribution in [0.15, 0.2) is 170 Å². The van der Waals surface area contributed by atoms with Crippen molar-refractivity contribution in [1.29, 1.82) is 0 Å². The maximum absolute atomic E-state index is 2.43. The van der Waals surface area contributed by atoms with Crippen LogP contribution in [0.5, 0.6) is 0 Å². The highest BCUT2D eigenvalue weighted by molar-refractivity contribution is 6.23. The van der Waals surface area contributed by atoms with Crippen LogP contribution in [-0.4, -0.2) is 0 Å². The van der Waals surface area contributed by atoms with Crippen LogP contribution >= 0.6 is 0 Å². The van der Waals surface area contributed by atoms with Crippen molar-refractivity contribution in [3.8, 4) is 44.5 Å². The third kappa shape index (κ3) is 4.11. The summed E-state index contributed by atoms with van der Waals surface area (Å²) in [5.74, 6) is 0. The molecule has 0 spiro atoms. The molecule has 1 aliphatic rings. The number of benzene rings is 9. The molecule has 230 valence electrons. The monoisotopic (exact) mass is 622 g/mol. The zero-order chi connectivity index (χ0) is 32.7. The molecule has 0 saturated carbocycles. The van der Waals surface area contributed by atoms with E-state index in [0.717, 1.165) is 0 Å². The van der Waals surface area contributed by atoms with Gasteiger partial charge in [0.15, 0.2) is 0 Å². The third-order valence-electron chi connectivity index (χ3n) is 11.0. The first kappa shape index (κ1) is 28.1. The van der Waals surface area contributed by atoms with Gasteiger partial charge in [0.25, 0.3) is 0 Å². The number of hydrogen-bond acceptors (Lipinski definition) is 0. The van der Waals surface area contributed by atoms with Crippen molar-refractivity contribution >= 4 is 43.1 Å². The first-order valence-corrected chi connectivity index (χ1v) is 17.3. The van der Waals surface area contributed by atoms with Crippen LogP contribution in [0.4, 0.5) is 0 Å². The minimum Gasteiger partial charge on any atom is -0.0616 e. The lowest BCUT2D eigenvalue weighted by atomic mass is 9.80. The largest absolute Gasteiger partial charge is 0.0616 e. The molecule has 0 unspecified atom stereocenters. The maximum Gasteiger partial charge on any atom is 0.0159 e. The minimum atomic E-state index is -0.102. The molecule has 9 aromatic carbocycles. The second-order valence-corrected chi connectivity index (χ2v) is 14.0. The van der Waals surface area contributed by atoms with Gasteiger partial charge in [0.05, 0.1) is 0 Å². The fourth-order valence-electron chi connectivity index (χ4n) is 8.70. The predicted octanol–water partition coefficient (Wildman–Crippen LogP) is 13.6. The summed E-state index contributed by atoms with van der Waals surface area (Å²) in [5, 5.41) is 10.2. The molecule has 0 amide bonds. The molecular weight excluding hydrogens is 589 g/mol.